The Morgan fingerprint density at radius 3 is 2.56 bits per heavy atom. The molecule has 0 radical (unpaired) electrons. The van der Waals surface area contributed by atoms with Crippen LogP contribution in [0.2, 0.25) is 10.0 Å². The number of hydrogen-bond donors (Lipinski definition) is 1. The summed E-state index contributed by atoms with van der Waals surface area (Å²) in [5.41, 5.74) is 6.43. The zero-order valence-corrected chi connectivity index (χ0v) is 10.7. The number of benzene rings is 2. The van der Waals surface area contributed by atoms with E-state index in [9.17, 15) is 0 Å². The van der Waals surface area contributed by atoms with Crippen molar-refractivity contribution in [3.05, 3.63) is 52.0 Å². The minimum absolute atomic E-state index is 0.357. The van der Waals surface area contributed by atoms with Gasteiger partial charge >= 0.3 is 0 Å². The van der Waals surface area contributed by atoms with Crippen LogP contribution in [0.1, 0.15) is 5.56 Å². The molecule has 2 rings (SSSR count). The smallest absolute Gasteiger partial charge is 0.145 e. The molecule has 0 aromatic heterocycles. The van der Waals surface area contributed by atoms with Gasteiger partial charge < -0.3 is 10.5 Å². The van der Waals surface area contributed by atoms with Crippen molar-refractivity contribution in [2.45, 2.75) is 0 Å². The molecule has 0 unspecified atom stereocenters. The Balaban J connectivity index is 2.34. The lowest BCUT2D eigenvalue weighted by atomic mass is 10.2. The predicted octanol–water partition coefficient (Wildman–Crippen LogP) is 4.24. The Bertz CT molecular complexity index is 635. The maximum absolute atomic E-state index is 8.98. The van der Waals surface area contributed by atoms with Gasteiger partial charge in [-0.15, -0.1) is 0 Å². The number of halogens is 2. The summed E-state index contributed by atoms with van der Waals surface area (Å²) in [5.74, 6) is 0.927. The van der Waals surface area contributed by atoms with Gasteiger partial charge in [0.1, 0.15) is 17.6 Å². The summed E-state index contributed by atoms with van der Waals surface area (Å²) >= 11 is 11.7. The van der Waals surface area contributed by atoms with E-state index in [0.29, 0.717) is 32.8 Å². The third-order valence-electron chi connectivity index (χ3n) is 2.26. The lowest BCUT2D eigenvalue weighted by Gasteiger charge is -2.08. The van der Waals surface area contributed by atoms with E-state index >= 15 is 0 Å². The quantitative estimate of drug-likeness (QED) is 0.836. The highest BCUT2D eigenvalue weighted by Gasteiger charge is 2.06. The Hall–Kier alpha value is -1.89. The van der Waals surface area contributed by atoms with Crippen molar-refractivity contribution < 1.29 is 4.74 Å². The van der Waals surface area contributed by atoms with Crippen LogP contribution >= 0.6 is 23.2 Å². The lowest BCUT2D eigenvalue weighted by molar-refractivity contribution is 0.481. The lowest BCUT2D eigenvalue weighted by Crippen LogP contribution is -1.90. The molecule has 0 aliphatic carbocycles. The van der Waals surface area contributed by atoms with Crippen LogP contribution in [0.3, 0.4) is 0 Å². The minimum atomic E-state index is 0.357. The Morgan fingerprint density at radius 1 is 1.11 bits per heavy atom. The van der Waals surface area contributed by atoms with Crippen molar-refractivity contribution in [2.24, 2.45) is 0 Å². The molecule has 2 N–H and O–H groups in total. The third kappa shape index (κ3) is 2.67. The van der Waals surface area contributed by atoms with Gasteiger partial charge in [-0.3, -0.25) is 0 Å². The maximum Gasteiger partial charge on any atom is 0.145 e. The second-order valence-electron chi connectivity index (χ2n) is 3.54. The molecule has 0 fully saturated rings. The average molecular weight is 279 g/mol. The van der Waals surface area contributed by atoms with Gasteiger partial charge in [0.2, 0.25) is 0 Å². The molecule has 0 saturated carbocycles. The summed E-state index contributed by atoms with van der Waals surface area (Å²) in [6.45, 7) is 0. The Labute approximate surface area is 114 Å². The normalized spacial score (nSPS) is 9.83. The molecular formula is C13H8Cl2N2O. The van der Waals surface area contributed by atoms with Crippen LogP contribution in [-0.2, 0) is 0 Å². The van der Waals surface area contributed by atoms with Crippen LogP contribution in [0.5, 0.6) is 11.5 Å². The van der Waals surface area contributed by atoms with Crippen LogP contribution in [0.15, 0.2) is 36.4 Å². The maximum atomic E-state index is 8.98. The standard InChI is InChI=1S/C13H8Cl2N2O/c14-9-1-4-13(8(5-9)7-16)18-10-2-3-12(17)11(15)6-10/h1-6H,17H2. The topological polar surface area (TPSA) is 59.0 Å². The Morgan fingerprint density at radius 2 is 1.89 bits per heavy atom. The van der Waals surface area contributed by atoms with E-state index in [4.69, 9.17) is 38.9 Å². The SMILES string of the molecule is N#Cc1cc(Cl)ccc1Oc1ccc(N)c(Cl)c1. The summed E-state index contributed by atoms with van der Waals surface area (Å²) in [5, 5.41) is 9.87. The van der Waals surface area contributed by atoms with Crippen LogP contribution < -0.4 is 10.5 Å². The largest absolute Gasteiger partial charge is 0.456 e. The van der Waals surface area contributed by atoms with Crippen molar-refractivity contribution in [2.75, 3.05) is 5.73 Å². The average Bonchev–Trinajstić information content (AvgIpc) is 2.36. The van der Waals surface area contributed by atoms with E-state index in [-0.39, 0.29) is 0 Å². The minimum Gasteiger partial charge on any atom is -0.456 e. The molecule has 0 aliphatic rings. The van der Waals surface area contributed by atoms with E-state index in [1.807, 2.05) is 6.07 Å². The van der Waals surface area contributed by atoms with E-state index < -0.39 is 0 Å². The highest BCUT2D eigenvalue weighted by atomic mass is 35.5. The third-order valence-corrected chi connectivity index (χ3v) is 2.82. The fourth-order valence-electron chi connectivity index (χ4n) is 1.38. The zero-order chi connectivity index (χ0) is 13.1. The molecule has 3 nitrogen and oxygen atoms in total. The number of nitriles is 1. The number of anilines is 1. The molecule has 0 amide bonds. The predicted molar refractivity (Wildman–Crippen MR) is 72.1 cm³/mol. The summed E-state index contributed by atoms with van der Waals surface area (Å²) in [7, 11) is 0. The van der Waals surface area contributed by atoms with Crippen LogP contribution in [0.25, 0.3) is 0 Å². The summed E-state index contributed by atoms with van der Waals surface area (Å²) in [6, 6.07) is 11.7. The Kier molecular flexibility index (Phi) is 3.61. The van der Waals surface area contributed by atoms with Crippen LogP contribution in [-0.4, -0.2) is 0 Å². The van der Waals surface area contributed by atoms with Crippen LogP contribution in [0.4, 0.5) is 5.69 Å². The molecule has 0 saturated heterocycles. The molecule has 2 aromatic rings. The zero-order valence-electron chi connectivity index (χ0n) is 9.15. The van der Waals surface area contributed by atoms with E-state index in [1.165, 1.54) is 6.07 Å². The molecular weight excluding hydrogens is 271 g/mol. The molecule has 0 spiro atoms. The highest BCUT2D eigenvalue weighted by Crippen LogP contribution is 2.30. The van der Waals surface area contributed by atoms with E-state index in [2.05, 4.69) is 0 Å². The first-order valence-corrected chi connectivity index (χ1v) is 5.78. The first kappa shape index (κ1) is 12.6. The fourth-order valence-corrected chi connectivity index (χ4v) is 1.72. The molecule has 0 bridgehead atoms. The number of nitrogens with zero attached hydrogens (tertiary/aromatic N) is 1. The van der Waals surface area contributed by atoms with E-state index in [0.717, 1.165) is 0 Å². The van der Waals surface area contributed by atoms with Crippen molar-refractivity contribution in [3.8, 4) is 17.6 Å². The molecule has 0 aliphatic heterocycles. The molecule has 5 heteroatoms. The summed E-state index contributed by atoms with van der Waals surface area (Å²) in [4.78, 5) is 0. The molecule has 18 heavy (non-hydrogen) atoms. The second kappa shape index (κ2) is 5.18. The van der Waals surface area contributed by atoms with Crippen molar-refractivity contribution >= 4 is 28.9 Å². The highest BCUT2D eigenvalue weighted by molar-refractivity contribution is 6.33. The van der Waals surface area contributed by atoms with Gasteiger partial charge in [-0.05, 0) is 30.3 Å². The van der Waals surface area contributed by atoms with Crippen molar-refractivity contribution in [3.63, 3.8) is 0 Å². The number of rotatable bonds is 2. The molecule has 90 valence electrons. The first-order valence-electron chi connectivity index (χ1n) is 5.02. The monoisotopic (exact) mass is 278 g/mol. The summed E-state index contributed by atoms with van der Waals surface area (Å²) in [6.07, 6.45) is 0. The van der Waals surface area contributed by atoms with Gasteiger partial charge in [0.25, 0.3) is 0 Å². The first-order chi connectivity index (χ1) is 8.60. The summed E-state index contributed by atoms with van der Waals surface area (Å²) < 4.78 is 5.57. The number of hydrogen-bond acceptors (Lipinski definition) is 3. The van der Waals surface area contributed by atoms with Gasteiger partial charge in [-0.2, -0.15) is 5.26 Å². The number of nitrogens with two attached hydrogens (primary N) is 1. The van der Waals surface area contributed by atoms with Crippen LogP contribution in [0, 0.1) is 11.3 Å². The van der Waals surface area contributed by atoms with Gasteiger partial charge in [0, 0.05) is 11.1 Å². The van der Waals surface area contributed by atoms with Crippen molar-refractivity contribution in [1.29, 1.82) is 5.26 Å². The number of ether oxygens (including phenoxy) is 1. The van der Waals surface area contributed by atoms with Crippen molar-refractivity contribution in [1.82, 2.24) is 0 Å². The fraction of sp³-hybridized carbons (Fsp3) is 0. The molecule has 2 aromatic carbocycles. The molecule has 0 heterocycles. The van der Waals surface area contributed by atoms with Gasteiger partial charge in [-0.1, -0.05) is 23.2 Å². The second-order valence-corrected chi connectivity index (χ2v) is 4.38. The number of nitrogen functional groups attached to an aromatic ring is 1. The van der Waals surface area contributed by atoms with Gasteiger partial charge in [0.15, 0.2) is 0 Å². The van der Waals surface area contributed by atoms with E-state index in [1.54, 1.807) is 30.3 Å². The van der Waals surface area contributed by atoms with Gasteiger partial charge in [-0.25, -0.2) is 0 Å². The molecule has 0 atom stereocenters. The van der Waals surface area contributed by atoms with Gasteiger partial charge in [0.05, 0.1) is 16.3 Å².